The molecule has 0 saturated carbocycles. The molecule has 0 aliphatic carbocycles. The van der Waals surface area contributed by atoms with E-state index in [4.69, 9.17) is 27.9 Å². The lowest BCUT2D eigenvalue weighted by molar-refractivity contribution is -0.123. The molecule has 1 fully saturated rings. The van der Waals surface area contributed by atoms with Gasteiger partial charge in [-0.15, -0.1) is 0 Å². The minimum atomic E-state index is -0.328. The fraction of sp³-hybridized carbons (Fsp3) is 0.158. The van der Waals surface area contributed by atoms with Gasteiger partial charge in [0.05, 0.1) is 28.6 Å². The van der Waals surface area contributed by atoms with Gasteiger partial charge in [-0.05, 0) is 59.7 Å². The van der Waals surface area contributed by atoms with Crippen LogP contribution in [0, 0.1) is 6.92 Å². The minimum Gasteiger partial charge on any atom is -0.496 e. The highest BCUT2D eigenvalue weighted by Gasteiger charge is 2.35. The monoisotopic (exact) mass is 407 g/mol. The van der Waals surface area contributed by atoms with Crippen molar-refractivity contribution >= 4 is 52.2 Å². The molecule has 1 saturated heterocycles. The second kappa shape index (κ2) is 7.74. The van der Waals surface area contributed by atoms with Gasteiger partial charge in [0.15, 0.2) is 0 Å². The van der Waals surface area contributed by atoms with Gasteiger partial charge in [0.1, 0.15) is 5.75 Å². The molecule has 2 amide bonds. The maximum atomic E-state index is 12.6. The number of amides is 2. The molecule has 134 valence electrons. The molecule has 0 atom stereocenters. The average molecular weight is 408 g/mol. The average Bonchev–Trinajstić information content (AvgIpc) is 2.87. The Hall–Kier alpha value is -1.95. The number of hydrogen-bond donors (Lipinski definition) is 0. The van der Waals surface area contributed by atoms with E-state index in [1.54, 1.807) is 31.4 Å². The van der Waals surface area contributed by atoms with Crippen LogP contribution < -0.4 is 4.74 Å². The maximum absolute atomic E-state index is 12.6. The number of carbonyl (C=O) groups is 2. The van der Waals surface area contributed by atoms with Crippen LogP contribution in [0.25, 0.3) is 6.08 Å². The molecule has 1 aliphatic rings. The lowest BCUT2D eigenvalue weighted by Crippen LogP contribution is -2.27. The number of halogens is 2. The molecular weight excluding hydrogens is 393 g/mol. The Morgan fingerprint density at radius 1 is 1.12 bits per heavy atom. The van der Waals surface area contributed by atoms with E-state index in [1.165, 1.54) is 4.90 Å². The van der Waals surface area contributed by atoms with Crippen molar-refractivity contribution in [3.05, 3.63) is 68.0 Å². The van der Waals surface area contributed by atoms with Gasteiger partial charge >= 0.3 is 0 Å². The lowest BCUT2D eigenvalue weighted by Gasteiger charge is -2.13. The first-order valence-electron chi connectivity index (χ1n) is 7.73. The van der Waals surface area contributed by atoms with Crippen molar-refractivity contribution in [2.45, 2.75) is 13.5 Å². The van der Waals surface area contributed by atoms with Crippen LogP contribution in [0.1, 0.15) is 16.7 Å². The van der Waals surface area contributed by atoms with E-state index in [9.17, 15) is 9.59 Å². The third-order valence-corrected chi connectivity index (χ3v) is 5.57. The van der Waals surface area contributed by atoms with Crippen LogP contribution in [0.3, 0.4) is 0 Å². The maximum Gasteiger partial charge on any atom is 0.293 e. The molecule has 26 heavy (non-hydrogen) atoms. The van der Waals surface area contributed by atoms with Gasteiger partial charge in [0.25, 0.3) is 11.1 Å². The smallest absolute Gasteiger partial charge is 0.293 e. The third kappa shape index (κ3) is 3.90. The number of methoxy groups -OCH3 is 1. The molecule has 0 spiro atoms. The summed E-state index contributed by atoms with van der Waals surface area (Å²) in [5.41, 5.74) is 2.53. The molecule has 0 N–H and O–H groups in total. The van der Waals surface area contributed by atoms with Crippen LogP contribution in [-0.4, -0.2) is 23.2 Å². The zero-order valence-electron chi connectivity index (χ0n) is 14.1. The van der Waals surface area contributed by atoms with E-state index in [1.807, 2.05) is 25.1 Å². The van der Waals surface area contributed by atoms with Crippen molar-refractivity contribution < 1.29 is 14.3 Å². The van der Waals surface area contributed by atoms with Crippen molar-refractivity contribution in [1.29, 1.82) is 0 Å². The molecule has 0 aromatic heterocycles. The van der Waals surface area contributed by atoms with Crippen LogP contribution >= 0.6 is 35.0 Å². The summed E-state index contributed by atoms with van der Waals surface area (Å²) in [6, 6.07) is 10.7. The number of nitrogens with zero attached hydrogens (tertiary/aromatic N) is 1. The SMILES string of the molecule is COc1cc(/C=C2/SC(=O)N(Cc3ccc(Cl)c(Cl)c3)C2=O)ccc1C. The van der Waals surface area contributed by atoms with Crippen LogP contribution in [0.15, 0.2) is 41.3 Å². The number of ether oxygens (including phenoxy) is 1. The minimum absolute atomic E-state index is 0.149. The first kappa shape index (κ1) is 18.8. The Morgan fingerprint density at radius 3 is 2.58 bits per heavy atom. The van der Waals surface area contributed by atoms with Crippen LogP contribution in [0.5, 0.6) is 5.75 Å². The quantitative estimate of drug-likeness (QED) is 0.623. The van der Waals surface area contributed by atoms with E-state index in [-0.39, 0.29) is 17.7 Å². The number of aryl methyl sites for hydroxylation is 1. The summed E-state index contributed by atoms with van der Waals surface area (Å²) in [5, 5.41) is 0.502. The van der Waals surface area contributed by atoms with E-state index in [0.717, 1.165) is 34.2 Å². The summed E-state index contributed by atoms with van der Waals surface area (Å²) in [5.74, 6) is 0.402. The fourth-order valence-electron chi connectivity index (χ4n) is 2.53. The van der Waals surface area contributed by atoms with Crippen molar-refractivity contribution in [3.63, 3.8) is 0 Å². The Labute approximate surface area is 165 Å². The third-order valence-electron chi connectivity index (χ3n) is 3.93. The van der Waals surface area contributed by atoms with E-state index < -0.39 is 0 Å². The van der Waals surface area contributed by atoms with Crippen LogP contribution in [0.4, 0.5) is 4.79 Å². The highest BCUT2D eigenvalue weighted by molar-refractivity contribution is 8.18. The second-order valence-corrected chi connectivity index (χ2v) is 7.55. The predicted molar refractivity (Wildman–Crippen MR) is 106 cm³/mol. The summed E-state index contributed by atoms with van der Waals surface area (Å²) < 4.78 is 5.30. The summed E-state index contributed by atoms with van der Waals surface area (Å²) in [6.07, 6.45) is 1.70. The first-order chi connectivity index (χ1) is 12.4. The second-order valence-electron chi connectivity index (χ2n) is 5.75. The highest BCUT2D eigenvalue weighted by Crippen LogP contribution is 2.34. The van der Waals surface area contributed by atoms with Crippen LogP contribution in [-0.2, 0) is 11.3 Å². The Morgan fingerprint density at radius 2 is 1.88 bits per heavy atom. The van der Waals surface area contributed by atoms with Crippen molar-refractivity contribution in [2.24, 2.45) is 0 Å². The first-order valence-corrected chi connectivity index (χ1v) is 9.30. The number of thioether (sulfide) groups is 1. The van der Waals surface area contributed by atoms with E-state index in [2.05, 4.69) is 0 Å². The fourth-order valence-corrected chi connectivity index (χ4v) is 3.69. The number of benzene rings is 2. The molecule has 3 rings (SSSR count). The molecule has 1 heterocycles. The number of hydrogen-bond acceptors (Lipinski definition) is 4. The normalized spacial score (nSPS) is 15.8. The van der Waals surface area contributed by atoms with Crippen molar-refractivity contribution in [3.8, 4) is 5.75 Å². The summed E-state index contributed by atoms with van der Waals surface area (Å²) in [6.45, 7) is 2.09. The lowest BCUT2D eigenvalue weighted by atomic mass is 10.1. The van der Waals surface area contributed by atoms with Crippen molar-refractivity contribution in [2.75, 3.05) is 7.11 Å². The Balaban J connectivity index is 1.83. The van der Waals surface area contributed by atoms with Gasteiger partial charge in [-0.3, -0.25) is 14.5 Å². The van der Waals surface area contributed by atoms with Crippen molar-refractivity contribution in [1.82, 2.24) is 4.90 Å². The zero-order chi connectivity index (χ0) is 18.8. The molecule has 2 aromatic carbocycles. The molecule has 1 aliphatic heterocycles. The summed E-state index contributed by atoms with van der Waals surface area (Å²) >= 11 is 12.8. The molecule has 4 nitrogen and oxygen atoms in total. The van der Waals surface area contributed by atoms with Crippen LogP contribution in [0.2, 0.25) is 10.0 Å². The molecule has 2 aromatic rings. The molecule has 7 heteroatoms. The van der Waals surface area contributed by atoms with Gasteiger partial charge in [-0.2, -0.15) is 0 Å². The highest BCUT2D eigenvalue weighted by atomic mass is 35.5. The number of imide groups is 1. The standard InChI is InChI=1S/C19H15Cl2NO3S/c1-11-3-4-12(8-16(11)25-2)9-17-18(23)22(19(24)26-17)10-13-5-6-14(20)15(21)7-13/h3-9H,10H2,1-2H3/b17-9+. The van der Waals surface area contributed by atoms with E-state index in [0.29, 0.717) is 15.0 Å². The van der Waals surface area contributed by atoms with Gasteiger partial charge in [0.2, 0.25) is 0 Å². The van der Waals surface area contributed by atoms with Gasteiger partial charge < -0.3 is 4.74 Å². The molecule has 0 bridgehead atoms. The van der Waals surface area contributed by atoms with Gasteiger partial charge in [-0.1, -0.05) is 41.4 Å². The predicted octanol–water partition coefficient (Wildman–Crippen LogP) is 5.55. The largest absolute Gasteiger partial charge is 0.496 e. The van der Waals surface area contributed by atoms with Gasteiger partial charge in [-0.25, -0.2) is 0 Å². The number of rotatable bonds is 4. The summed E-state index contributed by atoms with van der Waals surface area (Å²) in [7, 11) is 1.59. The number of carbonyl (C=O) groups excluding carboxylic acids is 2. The Bertz CT molecular complexity index is 927. The van der Waals surface area contributed by atoms with E-state index >= 15 is 0 Å². The van der Waals surface area contributed by atoms with Gasteiger partial charge in [0, 0.05) is 0 Å². The summed E-state index contributed by atoms with van der Waals surface area (Å²) in [4.78, 5) is 26.5. The Kier molecular flexibility index (Phi) is 5.61. The topological polar surface area (TPSA) is 46.6 Å². The zero-order valence-corrected chi connectivity index (χ0v) is 16.4. The molecular formula is C19H15Cl2NO3S. The molecule has 0 radical (unpaired) electrons. The molecule has 0 unspecified atom stereocenters.